The Hall–Kier alpha value is 0.0300. The van der Waals surface area contributed by atoms with Gasteiger partial charge in [-0.25, -0.2) is 0 Å². The molecule has 1 saturated carbocycles. The molecule has 0 radical (unpaired) electrons. The summed E-state index contributed by atoms with van der Waals surface area (Å²) in [5.41, 5.74) is 1.23. The highest BCUT2D eigenvalue weighted by molar-refractivity contribution is 6.22. The minimum Gasteiger partial charge on any atom is -0.118 e. The van der Waals surface area contributed by atoms with E-state index in [1.54, 1.807) is 0 Å². The topological polar surface area (TPSA) is 0 Å². The van der Waals surface area contributed by atoms with Crippen molar-refractivity contribution >= 4 is 11.6 Å². The number of halogens is 1. The summed E-state index contributed by atoms with van der Waals surface area (Å²) in [6.45, 7) is 6.15. The largest absolute Gasteiger partial charge is 0.118 e. The highest BCUT2D eigenvalue weighted by atomic mass is 35.5. The van der Waals surface area contributed by atoms with Crippen molar-refractivity contribution in [2.24, 2.45) is 5.92 Å². The normalized spacial score (nSPS) is 36.9. The van der Waals surface area contributed by atoms with E-state index in [9.17, 15) is 0 Å². The van der Waals surface area contributed by atoms with Crippen molar-refractivity contribution < 1.29 is 0 Å². The highest BCUT2D eigenvalue weighted by Gasteiger charge is 2.19. The molecule has 1 fully saturated rings. The van der Waals surface area contributed by atoms with Crippen LogP contribution in [0.1, 0.15) is 26.2 Å². The summed E-state index contributed by atoms with van der Waals surface area (Å²) < 4.78 is 0. The molecule has 0 aromatic heterocycles. The van der Waals surface area contributed by atoms with Gasteiger partial charge >= 0.3 is 0 Å². The van der Waals surface area contributed by atoms with Crippen LogP contribution in [0.15, 0.2) is 12.2 Å². The van der Waals surface area contributed by atoms with Crippen LogP contribution in [-0.4, -0.2) is 5.38 Å². The molecule has 1 rings (SSSR count). The molecule has 52 valence electrons. The highest BCUT2D eigenvalue weighted by Crippen LogP contribution is 2.30. The number of alkyl halides is 1. The standard InChI is InChI=1S/C8H13Cl/c1-6-3-4-7(2)8(9)5-6/h6,8H,2-5H2,1H3/t6-,8?/m1/s1. The Morgan fingerprint density at radius 1 is 1.67 bits per heavy atom. The van der Waals surface area contributed by atoms with Gasteiger partial charge in [0.05, 0.1) is 5.38 Å². The van der Waals surface area contributed by atoms with Gasteiger partial charge in [-0.05, 0) is 25.2 Å². The van der Waals surface area contributed by atoms with Gasteiger partial charge in [-0.1, -0.05) is 19.1 Å². The molecule has 0 N–H and O–H groups in total. The van der Waals surface area contributed by atoms with Gasteiger partial charge in [0.2, 0.25) is 0 Å². The van der Waals surface area contributed by atoms with Crippen molar-refractivity contribution in [3.05, 3.63) is 12.2 Å². The molecule has 0 heterocycles. The Morgan fingerprint density at radius 3 is 2.78 bits per heavy atom. The van der Waals surface area contributed by atoms with Gasteiger partial charge in [0.25, 0.3) is 0 Å². The van der Waals surface area contributed by atoms with E-state index < -0.39 is 0 Å². The van der Waals surface area contributed by atoms with E-state index in [0.717, 1.165) is 18.8 Å². The lowest BCUT2D eigenvalue weighted by Crippen LogP contribution is -2.14. The second-order valence-electron chi connectivity index (χ2n) is 3.01. The summed E-state index contributed by atoms with van der Waals surface area (Å²) in [7, 11) is 0. The molecular weight excluding hydrogens is 132 g/mol. The zero-order valence-corrected chi connectivity index (χ0v) is 6.62. The van der Waals surface area contributed by atoms with Crippen LogP contribution in [0.4, 0.5) is 0 Å². The first-order chi connectivity index (χ1) is 4.20. The van der Waals surface area contributed by atoms with E-state index in [1.807, 2.05) is 0 Å². The van der Waals surface area contributed by atoms with E-state index in [-0.39, 0.29) is 5.38 Å². The number of allylic oxidation sites excluding steroid dienone is 1. The second-order valence-corrected chi connectivity index (χ2v) is 3.53. The van der Waals surface area contributed by atoms with Gasteiger partial charge in [0.15, 0.2) is 0 Å². The first kappa shape index (κ1) is 7.14. The molecule has 0 bridgehead atoms. The van der Waals surface area contributed by atoms with Crippen molar-refractivity contribution in [2.75, 3.05) is 0 Å². The van der Waals surface area contributed by atoms with Crippen LogP contribution in [0.2, 0.25) is 0 Å². The summed E-state index contributed by atoms with van der Waals surface area (Å²) >= 11 is 5.96. The first-order valence-electron chi connectivity index (χ1n) is 3.52. The average Bonchev–Trinajstić information content (AvgIpc) is 1.80. The fourth-order valence-electron chi connectivity index (χ4n) is 1.23. The fourth-order valence-corrected chi connectivity index (χ4v) is 1.64. The van der Waals surface area contributed by atoms with Gasteiger partial charge in [-0.2, -0.15) is 0 Å². The fraction of sp³-hybridized carbons (Fsp3) is 0.750. The molecule has 9 heavy (non-hydrogen) atoms. The summed E-state index contributed by atoms with van der Waals surface area (Å²) in [6, 6.07) is 0. The summed E-state index contributed by atoms with van der Waals surface area (Å²) in [5, 5.41) is 0.258. The molecule has 0 amide bonds. The molecule has 1 unspecified atom stereocenters. The Morgan fingerprint density at radius 2 is 2.33 bits per heavy atom. The van der Waals surface area contributed by atoms with Gasteiger partial charge in [-0.3, -0.25) is 0 Å². The molecule has 1 heteroatoms. The van der Waals surface area contributed by atoms with Crippen molar-refractivity contribution in [3.63, 3.8) is 0 Å². The summed E-state index contributed by atoms with van der Waals surface area (Å²) in [6.07, 6.45) is 3.54. The molecule has 1 aliphatic rings. The van der Waals surface area contributed by atoms with Crippen molar-refractivity contribution in [1.82, 2.24) is 0 Å². The Kier molecular flexibility index (Phi) is 2.18. The van der Waals surface area contributed by atoms with Crippen LogP contribution in [0.3, 0.4) is 0 Å². The minimum atomic E-state index is 0.258. The summed E-state index contributed by atoms with van der Waals surface area (Å²) in [4.78, 5) is 0. The van der Waals surface area contributed by atoms with Crippen molar-refractivity contribution in [1.29, 1.82) is 0 Å². The van der Waals surface area contributed by atoms with Crippen LogP contribution in [0.25, 0.3) is 0 Å². The Labute approximate surface area is 61.9 Å². The quantitative estimate of drug-likeness (QED) is 0.362. The molecule has 0 aromatic rings. The SMILES string of the molecule is C=C1CC[C@@H](C)CC1Cl. The van der Waals surface area contributed by atoms with Crippen LogP contribution in [0.5, 0.6) is 0 Å². The number of hydrogen-bond acceptors (Lipinski definition) is 0. The van der Waals surface area contributed by atoms with Crippen LogP contribution in [-0.2, 0) is 0 Å². The van der Waals surface area contributed by atoms with Crippen LogP contribution < -0.4 is 0 Å². The lowest BCUT2D eigenvalue weighted by molar-refractivity contribution is 0.449. The predicted molar refractivity (Wildman–Crippen MR) is 41.8 cm³/mol. The van der Waals surface area contributed by atoms with E-state index in [0.29, 0.717) is 0 Å². The maximum Gasteiger partial charge on any atom is 0.0545 e. The van der Waals surface area contributed by atoms with E-state index in [2.05, 4.69) is 13.5 Å². The Bertz CT molecular complexity index is 118. The third-order valence-electron chi connectivity index (χ3n) is 2.01. The van der Waals surface area contributed by atoms with Gasteiger partial charge < -0.3 is 0 Å². The Balaban J connectivity index is 2.44. The number of hydrogen-bond donors (Lipinski definition) is 0. The predicted octanol–water partition coefficient (Wildman–Crippen LogP) is 2.97. The summed E-state index contributed by atoms with van der Waals surface area (Å²) in [5.74, 6) is 0.804. The van der Waals surface area contributed by atoms with Gasteiger partial charge in [-0.15, -0.1) is 11.6 Å². The van der Waals surface area contributed by atoms with Crippen molar-refractivity contribution in [3.8, 4) is 0 Å². The minimum absolute atomic E-state index is 0.258. The van der Waals surface area contributed by atoms with Crippen LogP contribution in [0, 0.1) is 5.92 Å². The van der Waals surface area contributed by atoms with Gasteiger partial charge in [0, 0.05) is 0 Å². The lowest BCUT2D eigenvalue weighted by Gasteiger charge is -2.23. The third-order valence-corrected chi connectivity index (χ3v) is 2.50. The van der Waals surface area contributed by atoms with Crippen LogP contribution >= 0.6 is 11.6 Å². The lowest BCUT2D eigenvalue weighted by atomic mass is 9.88. The molecule has 0 saturated heterocycles. The third kappa shape index (κ3) is 1.72. The van der Waals surface area contributed by atoms with Gasteiger partial charge in [0.1, 0.15) is 0 Å². The second kappa shape index (κ2) is 2.74. The molecule has 0 spiro atoms. The smallest absolute Gasteiger partial charge is 0.0545 e. The molecular formula is C8H13Cl. The van der Waals surface area contributed by atoms with E-state index >= 15 is 0 Å². The monoisotopic (exact) mass is 144 g/mol. The molecule has 0 aliphatic heterocycles. The molecule has 2 atom stereocenters. The molecule has 0 aromatic carbocycles. The van der Waals surface area contributed by atoms with E-state index in [4.69, 9.17) is 11.6 Å². The number of rotatable bonds is 0. The first-order valence-corrected chi connectivity index (χ1v) is 3.95. The van der Waals surface area contributed by atoms with E-state index in [1.165, 1.54) is 12.0 Å². The maximum absolute atomic E-state index is 5.96. The average molecular weight is 145 g/mol. The maximum atomic E-state index is 5.96. The molecule has 1 aliphatic carbocycles. The van der Waals surface area contributed by atoms with Crippen molar-refractivity contribution in [2.45, 2.75) is 31.6 Å². The zero-order chi connectivity index (χ0) is 6.85. The zero-order valence-electron chi connectivity index (χ0n) is 5.86. The molecule has 0 nitrogen and oxygen atoms in total.